The minimum atomic E-state index is -0.129. The maximum atomic E-state index is 5.01. The van der Waals surface area contributed by atoms with E-state index in [-0.39, 0.29) is 32.7 Å². The smallest absolute Gasteiger partial charge is 0.0733 e. The molecule has 0 amide bonds. The standard InChI is InChI=1S/C52H34IN5/c1-3-13-33(14-4-1)55-44-26-23-35(31-41(44)50-47(55)22-12-30-54-50)56-42-20-9-7-18-39(42)48-45(56)27-24-37-38-25-28-46-49(52(38)58(51(37)48)34-15-5-2-6-16-34)40-19-8-10-21-43(40)57(46)36-17-11-29-53-32-36/h1-32,41,44H/t41?,44-/m0/s1. The van der Waals surface area contributed by atoms with Gasteiger partial charge in [0, 0.05) is 61.5 Å². The van der Waals surface area contributed by atoms with E-state index in [0.717, 1.165) is 11.4 Å². The Hall–Kier alpha value is -6.77. The summed E-state index contributed by atoms with van der Waals surface area (Å²) in [6, 6.07) is 53.4. The predicted octanol–water partition coefficient (Wildman–Crippen LogP) is 13.3. The second kappa shape index (κ2) is 12.4. The van der Waals surface area contributed by atoms with Crippen molar-refractivity contribution in [3.05, 3.63) is 192 Å². The molecule has 274 valence electrons. The molecule has 0 saturated carbocycles. The minimum absolute atomic E-state index is 0.104. The molecule has 58 heavy (non-hydrogen) atoms. The molecule has 6 aromatic carbocycles. The highest BCUT2D eigenvalue weighted by Crippen LogP contribution is 2.50. The highest BCUT2D eigenvalue weighted by atomic mass is 127. The molecule has 0 radical (unpaired) electrons. The summed E-state index contributed by atoms with van der Waals surface area (Å²) in [5.41, 5.74) is 14.4. The summed E-state index contributed by atoms with van der Waals surface area (Å²) in [6.07, 6.45) is 13.6. The molecule has 1 unspecified atom stereocenters. The molecule has 2 atom stereocenters. The van der Waals surface area contributed by atoms with Gasteiger partial charge in [0.15, 0.2) is 0 Å². The zero-order valence-corrected chi connectivity index (χ0v) is 33.4. The SMILES string of the molecule is C1=CI=CC(n2c3ccccc3c3c2ccc2c4ccc5c(c6ccccc6n5C5=CC6c7ncccc7N(c7ccccc7)[C@H]6C=C5)c4n(-c4ccccc4)c23)=C1. The van der Waals surface area contributed by atoms with Crippen LogP contribution in [0, 0.1) is 0 Å². The fraction of sp³-hybridized carbons (Fsp3) is 0.0385. The second-order valence-corrected chi connectivity index (χ2v) is 17.4. The number of hydrogen-bond donors (Lipinski definition) is 0. The summed E-state index contributed by atoms with van der Waals surface area (Å²) < 4.78 is 12.3. The number of halogens is 1. The second-order valence-electron chi connectivity index (χ2n) is 15.3. The summed E-state index contributed by atoms with van der Waals surface area (Å²) in [6.45, 7) is 0. The first-order chi connectivity index (χ1) is 28.8. The van der Waals surface area contributed by atoms with Gasteiger partial charge in [0.25, 0.3) is 0 Å². The van der Waals surface area contributed by atoms with Gasteiger partial charge >= 0.3 is 0 Å². The summed E-state index contributed by atoms with van der Waals surface area (Å²) in [7, 11) is 0. The van der Waals surface area contributed by atoms with Crippen molar-refractivity contribution in [2.45, 2.75) is 12.0 Å². The first-order valence-electron chi connectivity index (χ1n) is 19.8. The van der Waals surface area contributed by atoms with Gasteiger partial charge in [0.1, 0.15) is 0 Å². The normalized spacial score (nSPS) is 17.4. The fourth-order valence-corrected chi connectivity index (χ4v) is 11.7. The highest BCUT2D eigenvalue weighted by molar-refractivity contribution is 14.2. The lowest BCUT2D eigenvalue weighted by molar-refractivity contribution is 0.731. The average molecular weight is 856 g/mol. The first-order valence-corrected chi connectivity index (χ1v) is 22.3. The molecular weight excluding hydrogens is 822 g/mol. The molecule has 0 spiro atoms. The van der Waals surface area contributed by atoms with Crippen molar-refractivity contribution in [3.63, 3.8) is 0 Å². The van der Waals surface area contributed by atoms with Crippen molar-refractivity contribution in [1.82, 2.24) is 18.7 Å². The Morgan fingerprint density at radius 1 is 0.517 bits per heavy atom. The third kappa shape index (κ3) is 4.41. The summed E-state index contributed by atoms with van der Waals surface area (Å²) in [4.78, 5) is 7.45. The van der Waals surface area contributed by atoms with Crippen molar-refractivity contribution in [3.8, 4) is 5.69 Å². The number of pyridine rings is 1. The maximum absolute atomic E-state index is 5.01. The lowest BCUT2D eigenvalue weighted by Gasteiger charge is -2.29. The monoisotopic (exact) mass is 855 g/mol. The van der Waals surface area contributed by atoms with E-state index in [1.807, 2.05) is 6.20 Å². The van der Waals surface area contributed by atoms with E-state index in [4.69, 9.17) is 4.98 Å². The molecule has 0 saturated heterocycles. The van der Waals surface area contributed by atoms with Gasteiger partial charge in [0.05, 0.1) is 56.2 Å². The fourth-order valence-electron chi connectivity index (χ4n) is 10.1. The van der Waals surface area contributed by atoms with Crippen LogP contribution in [0.2, 0.25) is 0 Å². The Morgan fingerprint density at radius 3 is 1.79 bits per heavy atom. The minimum Gasteiger partial charge on any atom is -0.332 e. The molecule has 5 nitrogen and oxygen atoms in total. The van der Waals surface area contributed by atoms with E-state index >= 15 is 0 Å². The lowest BCUT2D eigenvalue weighted by atomic mass is 9.93. The Labute approximate surface area is 344 Å². The van der Waals surface area contributed by atoms with Gasteiger partial charge in [-0.1, -0.05) is 118 Å². The number of anilines is 2. The van der Waals surface area contributed by atoms with Crippen LogP contribution >= 0.6 is 20.7 Å². The van der Waals surface area contributed by atoms with Crippen LogP contribution in [0.5, 0.6) is 0 Å². The van der Waals surface area contributed by atoms with Crippen LogP contribution in [0.1, 0.15) is 11.6 Å². The van der Waals surface area contributed by atoms with Gasteiger partial charge in [-0.2, -0.15) is 0 Å². The van der Waals surface area contributed by atoms with E-state index in [0.29, 0.717) is 0 Å². The van der Waals surface area contributed by atoms with Crippen LogP contribution in [0.25, 0.3) is 82.5 Å². The quantitative estimate of drug-likeness (QED) is 0.165. The summed E-state index contributed by atoms with van der Waals surface area (Å²) >= 11 is -0.129. The van der Waals surface area contributed by atoms with Gasteiger partial charge in [-0.05, 0) is 87.0 Å². The van der Waals surface area contributed by atoms with Crippen molar-refractivity contribution in [1.29, 1.82) is 0 Å². The molecule has 0 bridgehead atoms. The van der Waals surface area contributed by atoms with E-state index in [9.17, 15) is 0 Å². The van der Waals surface area contributed by atoms with Gasteiger partial charge in [0.2, 0.25) is 0 Å². The number of nitrogens with zero attached hydrogens (tertiary/aromatic N) is 5. The largest absolute Gasteiger partial charge is 0.332 e. The Morgan fingerprint density at radius 2 is 1.14 bits per heavy atom. The molecule has 6 heteroatoms. The molecule has 4 aromatic heterocycles. The molecule has 0 fully saturated rings. The third-order valence-corrected chi connectivity index (χ3v) is 14.2. The average Bonchev–Trinajstić information content (AvgIpc) is 4.02. The van der Waals surface area contributed by atoms with Crippen molar-refractivity contribution < 1.29 is 0 Å². The maximum Gasteiger partial charge on any atom is 0.0733 e. The van der Waals surface area contributed by atoms with Crippen LogP contribution < -0.4 is 4.90 Å². The van der Waals surface area contributed by atoms with E-state index in [2.05, 4.69) is 203 Å². The van der Waals surface area contributed by atoms with Crippen molar-refractivity contribution >= 4 is 113 Å². The molecule has 6 heterocycles. The number of allylic oxidation sites excluding steroid dienone is 5. The number of para-hydroxylation sites is 4. The molecule has 1 aliphatic carbocycles. The molecule has 2 aliphatic heterocycles. The zero-order chi connectivity index (χ0) is 37.9. The summed E-state index contributed by atoms with van der Waals surface area (Å²) in [5.74, 6) is 0.104. The topological polar surface area (TPSA) is 30.9 Å². The van der Waals surface area contributed by atoms with E-state index in [1.54, 1.807) is 0 Å². The van der Waals surface area contributed by atoms with E-state index in [1.165, 1.54) is 88.2 Å². The molecule has 0 N–H and O–H groups in total. The number of fused-ring (bicyclic) bond motifs is 14. The van der Waals surface area contributed by atoms with Crippen LogP contribution in [0.3, 0.4) is 0 Å². The van der Waals surface area contributed by atoms with E-state index < -0.39 is 0 Å². The predicted molar refractivity (Wildman–Crippen MR) is 253 cm³/mol. The number of rotatable bonds is 4. The molecule has 10 aromatic rings. The third-order valence-electron chi connectivity index (χ3n) is 12.4. The van der Waals surface area contributed by atoms with Crippen molar-refractivity contribution in [2.75, 3.05) is 4.90 Å². The summed E-state index contributed by atoms with van der Waals surface area (Å²) in [5, 5.41) is 7.57. The van der Waals surface area contributed by atoms with Crippen LogP contribution in [-0.4, -0.2) is 28.7 Å². The molecule has 3 aliphatic rings. The Balaban J connectivity index is 1.12. The van der Waals surface area contributed by atoms with Crippen molar-refractivity contribution in [2.24, 2.45) is 0 Å². The first kappa shape index (κ1) is 32.3. The van der Waals surface area contributed by atoms with Crippen LogP contribution in [0.4, 0.5) is 11.4 Å². The van der Waals surface area contributed by atoms with Crippen LogP contribution in [0.15, 0.2) is 186 Å². The van der Waals surface area contributed by atoms with Gasteiger partial charge in [-0.15, -0.1) is 0 Å². The molecule has 13 rings (SSSR count). The Kier molecular flexibility index (Phi) is 6.89. The van der Waals surface area contributed by atoms with Crippen LogP contribution in [-0.2, 0) is 0 Å². The lowest BCUT2D eigenvalue weighted by Crippen LogP contribution is -2.29. The Bertz CT molecular complexity index is 3520. The zero-order valence-electron chi connectivity index (χ0n) is 31.2. The van der Waals surface area contributed by atoms with Gasteiger partial charge < -0.3 is 18.6 Å². The molecular formula is C52H34IN5. The number of benzene rings is 6. The van der Waals surface area contributed by atoms with Gasteiger partial charge in [-0.3, -0.25) is 4.98 Å². The van der Waals surface area contributed by atoms with Gasteiger partial charge in [-0.25, -0.2) is 0 Å². The highest BCUT2D eigenvalue weighted by Gasteiger charge is 2.40. The number of hydrogen-bond acceptors (Lipinski definition) is 2. The number of aromatic nitrogens is 4.